The normalized spacial score (nSPS) is 22.3. The average molecular weight is 1010 g/mol. The first-order valence-electron chi connectivity index (χ1n) is 27.5. The summed E-state index contributed by atoms with van der Waals surface area (Å²) < 4.78 is 21.5. The number of pyridine rings is 2. The largest absolute Gasteiger partial charge is 0.384 e. The minimum Gasteiger partial charge on any atom is -0.384 e. The summed E-state index contributed by atoms with van der Waals surface area (Å²) in [5, 5.41) is 6.67. The fourth-order valence-electron chi connectivity index (χ4n) is 13.5. The maximum Gasteiger partial charge on any atom is 0.330 e. The van der Waals surface area contributed by atoms with Gasteiger partial charge in [-0.05, 0) is 187 Å². The zero-order valence-corrected chi connectivity index (χ0v) is 43.7. The summed E-state index contributed by atoms with van der Waals surface area (Å²) in [5.74, 6) is -0.128. The smallest absolute Gasteiger partial charge is 0.330 e. The Hall–Kier alpha value is -6.71. The fraction of sp³-hybridized carbons (Fsp3) is 0.467. The molecule has 3 aromatic heterocycles. The zero-order chi connectivity index (χ0) is 51.8. The van der Waals surface area contributed by atoms with Crippen molar-refractivity contribution >= 4 is 50.9 Å². The second-order valence-corrected chi connectivity index (χ2v) is 22.6. The van der Waals surface area contributed by atoms with Gasteiger partial charge in [-0.1, -0.05) is 12.1 Å². The number of carbonyl (C=O) groups is 3. The van der Waals surface area contributed by atoms with E-state index in [1.165, 1.54) is 17.2 Å². The minimum atomic E-state index is -0.679. The molecule has 4 fully saturated rings. The van der Waals surface area contributed by atoms with Crippen LogP contribution in [-0.2, 0) is 22.4 Å². The summed E-state index contributed by atoms with van der Waals surface area (Å²) in [5.41, 5.74) is 11.2. The number of amides is 3. The van der Waals surface area contributed by atoms with Crippen LogP contribution in [0.2, 0.25) is 0 Å². The number of imidazole rings is 1. The van der Waals surface area contributed by atoms with Crippen molar-refractivity contribution in [3.63, 3.8) is 0 Å². The lowest BCUT2D eigenvalue weighted by Crippen LogP contribution is -2.46. The zero-order valence-electron chi connectivity index (χ0n) is 43.7. The summed E-state index contributed by atoms with van der Waals surface area (Å²) in [7, 11) is 0. The molecule has 0 spiro atoms. The molecule has 3 saturated heterocycles. The van der Waals surface area contributed by atoms with E-state index in [0.29, 0.717) is 67.9 Å². The highest BCUT2D eigenvalue weighted by molar-refractivity contribution is 6.00. The van der Waals surface area contributed by atoms with Crippen LogP contribution < -0.4 is 21.9 Å². The van der Waals surface area contributed by atoms with Crippen molar-refractivity contribution in [1.82, 2.24) is 38.7 Å². The van der Waals surface area contributed by atoms with Crippen LogP contribution in [0.5, 0.6) is 0 Å². The topological polar surface area (TPSA) is 147 Å². The molecule has 12 rings (SSSR count). The number of hydrogen-bond acceptors (Lipinski definition) is 9. The van der Waals surface area contributed by atoms with Gasteiger partial charge >= 0.3 is 5.69 Å². The van der Waals surface area contributed by atoms with Crippen LogP contribution in [0, 0.1) is 31.5 Å². The Morgan fingerprint density at radius 1 is 0.840 bits per heavy atom. The van der Waals surface area contributed by atoms with Gasteiger partial charge in [0.05, 0.1) is 22.2 Å². The van der Waals surface area contributed by atoms with Crippen molar-refractivity contribution < 1.29 is 18.8 Å². The van der Waals surface area contributed by atoms with Gasteiger partial charge in [-0.2, -0.15) is 0 Å². The predicted molar refractivity (Wildman–Crippen MR) is 290 cm³/mol. The average Bonchev–Trinajstić information content (AvgIpc) is 4.03. The first-order valence-corrected chi connectivity index (χ1v) is 27.5. The third-order valence-corrected chi connectivity index (χ3v) is 17.8. The molecule has 6 aromatic rings. The van der Waals surface area contributed by atoms with Gasteiger partial charge in [-0.3, -0.25) is 48.1 Å². The van der Waals surface area contributed by atoms with Crippen LogP contribution in [0.25, 0.3) is 33.2 Å². The Bertz CT molecular complexity index is 3430. The number of carbonyl (C=O) groups excluding carboxylic acids is 3. The maximum absolute atomic E-state index is 16.2. The molecule has 6 aliphatic rings. The highest BCUT2D eigenvalue weighted by Gasteiger charge is 2.36. The molecule has 2 unspecified atom stereocenters. The van der Waals surface area contributed by atoms with Crippen molar-refractivity contribution in [1.29, 1.82) is 0 Å². The quantitative estimate of drug-likeness (QED) is 0.122. The van der Waals surface area contributed by atoms with E-state index < -0.39 is 11.9 Å². The summed E-state index contributed by atoms with van der Waals surface area (Å²) in [4.78, 5) is 77.7. The summed E-state index contributed by atoms with van der Waals surface area (Å²) >= 11 is 0. The molecule has 8 heterocycles. The molecular weight excluding hydrogens is 946 g/mol. The van der Waals surface area contributed by atoms with Crippen LogP contribution in [-0.4, -0.2) is 103 Å². The van der Waals surface area contributed by atoms with Gasteiger partial charge in [0.15, 0.2) is 0 Å². The number of piperidine rings is 3. The Balaban J connectivity index is 0.646. The van der Waals surface area contributed by atoms with Crippen LogP contribution in [0.1, 0.15) is 133 Å². The molecule has 4 atom stereocenters. The van der Waals surface area contributed by atoms with Crippen LogP contribution >= 0.6 is 0 Å². The number of aryl methyl sites for hydroxylation is 2. The number of likely N-dealkylation sites (tertiary alicyclic amines) is 2. The lowest BCUT2D eigenvalue weighted by atomic mass is 9.85. The van der Waals surface area contributed by atoms with E-state index in [-0.39, 0.29) is 47.4 Å². The van der Waals surface area contributed by atoms with Gasteiger partial charge in [0, 0.05) is 104 Å². The van der Waals surface area contributed by atoms with Gasteiger partial charge in [0.25, 0.3) is 11.5 Å². The van der Waals surface area contributed by atoms with Crippen LogP contribution in [0.3, 0.4) is 0 Å². The molecule has 15 heteroatoms. The second-order valence-electron chi connectivity index (χ2n) is 22.6. The molecule has 390 valence electrons. The number of fused-ring (bicyclic) bond motifs is 3. The molecular formula is C60H68FN9O5. The molecule has 0 radical (unpaired) electrons. The third-order valence-electron chi connectivity index (χ3n) is 17.8. The number of nitrogens with zero attached hydrogens (tertiary/aromatic N) is 7. The minimum absolute atomic E-state index is 0.000662. The van der Waals surface area contributed by atoms with Gasteiger partial charge in [-0.25, -0.2) is 9.18 Å². The lowest BCUT2D eigenvalue weighted by molar-refractivity contribution is -0.135. The summed E-state index contributed by atoms with van der Waals surface area (Å²) in [6.45, 7) is 14.1. The van der Waals surface area contributed by atoms with E-state index in [0.717, 1.165) is 127 Å². The van der Waals surface area contributed by atoms with E-state index in [2.05, 4.69) is 76.5 Å². The van der Waals surface area contributed by atoms with E-state index >= 15 is 4.39 Å². The molecule has 0 bridgehead atoms. The maximum atomic E-state index is 16.2. The third kappa shape index (κ3) is 9.23. The number of nitrogens with one attached hydrogen (secondary N) is 2. The summed E-state index contributed by atoms with van der Waals surface area (Å²) in [6, 6.07) is 17.8. The standard InChI is InChI=1S/C60H68FN9O5/c1-35-28-50-47(51(12-20-63-50)68-26-18-49-45(59(68)74)11-19-62-49)33-46(35)38(4)65-24-16-42(17-25-65)56-36(2)27-43(32-48(56)61)58(73)66-21-13-39(14-22-66)34-67-23-15-41(29-37(67)3)30-40-5-8-52-54(31-40)69(44-6-7-44)60(75)70(52)53-9-10-55(71)64-57(53)72/h5,8,12,16,18,20,26-28,31-33,37-39,41,44,53,62H,6-7,9-11,13-15,17,19,21-25,29-30,34H2,1-4H3,(H,64,71,72)/t37-,38-,41?,53?/m0/s1. The van der Waals surface area contributed by atoms with Crippen LogP contribution in [0.4, 0.5) is 10.1 Å². The molecule has 2 N–H and O–H groups in total. The van der Waals surface area contributed by atoms with Crippen molar-refractivity contribution in [3.05, 3.63) is 139 Å². The molecule has 3 amide bonds. The van der Waals surface area contributed by atoms with Gasteiger partial charge in [0.2, 0.25) is 11.8 Å². The second kappa shape index (κ2) is 19.8. The van der Waals surface area contributed by atoms with E-state index in [1.54, 1.807) is 15.3 Å². The number of aromatic nitrogens is 4. The lowest BCUT2D eigenvalue weighted by Gasteiger charge is -2.41. The van der Waals surface area contributed by atoms with E-state index in [9.17, 15) is 24.0 Å². The monoisotopic (exact) mass is 1010 g/mol. The molecule has 75 heavy (non-hydrogen) atoms. The predicted octanol–water partition coefficient (Wildman–Crippen LogP) is 8.58. The first-order chi connectivity index (χ1) is 36.3. The molecule has 1 aliphatic carbocycles. The number of anilines is 1. The fourth-order valence-corrected chi connectivity index (χ4v) is 13.5. The van der Waals surface area contributed by atoms with Crippen LogP contribution in [0.15, 0.2) is 82.7 Å². The molecule has 1 saturated carbocycles. The van der Waals surface area contributed by atoms with Crippen molar-refractivity contribution in [2.75, 3.05) is 51.1 Å². The number of imide groups is 1. The number of rotatable bonds is 11. The highest BCUT2D eigenvalue weighted by atomic mass is 19.1. The SMILES string of the molecule is Cc1cc2nccc(-n3ccc4c(c3=O)CCN4)c2cc1[C@H](C)N1CC=C(c2c(C)cc(C(=O)N3CCC(CN4CCC(Cc5ccc6c(c5)n(C5CC5)c(=O)n6C5CCC(=O)NC5=O)C[C@@H]4C)CC3)cc2F)CC1. The van der Waals surface area contributed by atoms with Crippen molar-refractivity contribution in [2.24, 2.45) is 11.8 Å². The first kappa shape index (κ1) is 49.2. The van der Waals surface area contributed by atoms with E-state index in [4.69, 9.17) is 0 Å². The van der Waals surface area contributed by atoms with Gasteiger partial charge < -0.3 is 15.1 Å². The van der Waals surface area contributed by atoms with Gasteiger partial charge in [0.1, 0.15) is 11.9 Å². The molecule has 14 nitrogen and oxygen atoms in total. The number of benzene rings is 3. The Morgan fingerprint density at radius 2 is 1.65 bits per heavy atom. The highest BCUT2D eigenvalue weighted by Crippen LogP contribution is 2.39. The van der Waals surface area contributed by atoms with Crippen molar-refractivity contribution in [3.8, 4) is 5.69 Å². The van der Waals surface area contributed by atoms with Crippen molar-refractivity contribution in [2.45, 2.75) is 122 Å². The van der Waals surface area contributed by atoms with Gasteiger partial charge in [-0.15, -0.1) is 0 Å². The molecule has 5 aliphatic heterocycles. The Morgan fingerprint density at radius 3 is 2.40 bits per heavy atom. The Kier molecular flexibility index (Phi) is 13.0. The summed E-state index contributed by atoms with van der Waals surface area (Å²) in [6.07, 6.45) is 14.6. The molecule has 3 aromatic carbocycles. The van der Waals surface area contributed by atoms with E-state index in [1.807, 2.05) is 46.9 Å². The number of halogens is 1. The Labute approximate surface area is 436 Å². The number of hydrogen-bond donors (Lipinski definition) is 2.